The van der Waals surface area contributed by atoms with E-state index in [4.69, 9.17) is 9.47 Å². The standard InChI is InChI=1S/C18H27NO3/c1-13(11-15-7-9-17(21-4)10-8-15)19(3)18(20)14(2)22-12-16-5-6-16/h7-10,13-14,16H,5-6,11-12H2,1-4H3/t13-,14+/m0/s1. The Hall–Kier alpha value is -1.55. The van der Waals surface area contributed by atoms with Crippen LogP contribution < -0.4 is 4.74 Å². The highest BCUT2D eigenvalue weighted by molar-refractivity contribution is 5.80. The van der Waals surface area contributed by atoms with Gasteiger partial charge in [0.05, 0.1) is 13.7 Å². The molecule has 0 aliphatic heterocycles. The maximum absolute atomic E-state index is 12.4. The van der Waals surface area contributed by atoms with Gasteiger partial charge < -0.3 is 14.4 Å². The molecular weight excluding hydrogens is 278 g/mol. The van der Waals surface area contributed by atoms with Gasteiger partial charge in [0.2, 0.25) is 0 Å². The third-order valence-electron chi connectivity index (χ3n) is 4.33. The zero-order chi connectivity index (χ0) is 16.1. The van der Waals surface area contributed by atoms with Crippen molar-refractivity contribution in [2.24, 2.45) is 5.92 Å². The molecule has 0 unspecified atom stereocenters. The summed E-state index contributed by atoms with van der Waals surface area (Å²) in [6.45, 7) is 4.63. The molecule has 0 spiro atoms. The normalized spacial score (nSPS) is 16.9. The molecule has 4 heteroatoms. The van der Waals surface area contributed by atoms with Crippen molar-refractivity contribution < 1.29 is 14.3 Å². The first kappa shape index (κ1) is 16.8. The van der Waals surface area contributed by atoms with Crippen molar-refractivity contribution in [1.82, 2.24) is 4.90 Å². The summed E-state index contributed by atoms with van der Waals surface area (Å²) in [7, 11) is 3.51. The number of hydrogen-bond donors (Lipinski definition) is 0. The van der Waals surface area contributed by atoms with E-state index in [1.165, 1.54) is 18.4 Å². The first-order valence-electron chi connectivity index (χ1n) is 8.02. The van der Waals surface area contributed by atoms with Crippen molar-refractivity contribution in [1.29, 1.82) is 0 Å². The summed E-state index contributed by atoms with van der Waals surface area (Å²) in [4.78, 5) is 14.2. The van der Waals surface area contributed by atoms with E-state index in [1.54, 1.807) is 12.0 Å². The van der Waals surface area contributed by atoms with Crippen LogP contribution in [0.4, 0.5) is 0 Å². The number of hydrogen-bond acceptors (Lipinski definition) is 3. The topological polar surface area (TPSA) is 38.8 Å². The Morgan fingerprint density at radius 2 is 1.91 bits per heavy atom. The lowest BCUT2D eigenvalue weighted by molar-refractivity contribution is -0.143. The lowest BCUT2D eigenvalue weighted by Gasteiger charge is -2.28. The number of amides is 1. The molecular formula is C18H27NO3. The van der Waals surface area contributed by atoms with Crippen LogP contribution in [0.25, 0.3) is 0 Å². The lowest BCUT2D eigenvalue weighted by atomic mass is 10.1. The summed E-state index contributed by atoms with van der Waals surface area (Å²) in [5.74, 6) is 1.59. The van der Waals surface area contributed by atoms with Crippen molar-refractivity contribution in [2.45, 2.75) is 45.3 Å². The van der Waals surface area contributed by atoms with Gasteiger partial charge in [-0.2, -0.15) is 0 Å². The summed E-state index contributed by atoms with van der Waals surface area (Å²) >= 11 is 0. The van der Waals surface area contributed by atoms with Crippen molar-refractivity contribution >= 4 is 5.91 Å². The van der Waals surface area contributed by atoms with Gasteiger partial charge in [0.25, 0.3) is 5.91 Å². The summed E-state index contributed by atoms with van der Waals surface area (Å²) in [6, 6.07) is 8.12. The van der Waals surface area contributed by atoms with Gasteiger partial charge in [-0.15, -0.1) is 0 Å². The van der Waals surface area contributed by atoms with Crippen LogP contribution in [0.15, 0.2) is 24.3 Å². The second-order valence-corrected chi connectivity index (χ2v) is 6.27. The molecule has 0 bridgehead atoms. The van der Waals surface area contributed by atoms with Gasteiger partial charge >= 0.3 is 0 Å². The smallest absolute Gasteiger partial charge is 0.251 e. The molecule has 0 heterocycles. The van der Waals surface area contributed by atoms with E-state index in [9.17, 15) is 4.79 Å². The Morgan fingerprint density at radius 1 is 1.27 bits per heavy atom. The molecule has 1 aliphatic carbocycles. The van der Waals surface area contributed by atoms with Crippen LogP contribution >= 0.6 is 0 Å². The first-order chi connectivity index (χ1) is 10.5. The Labute approximate surface area is 133 Å². The van der Waals surface area contributed by atoms with Gasteiger partial charge in [0.1, 0.15) is 11.9 Å². The fourth-order valence-electron chi connectivity index (χ4n) is 2.38. The molecule has 2 rings (SSSR count). The highest BCUT2D eigenvalue weighted by atomic mass is 16.5. The average Bonchev–Trinajstić information content (AvgIpc) is 3.36. The van der Waals surface area contributed by atoms with Crippen molar-refractivity contribution in [2.75, 3.05) is 20.8 Å². The zero-order valence-corrected chi connectivity index (χ0v) is 14.0. The summed E-state index contributed by atoms with van der Waals surface area (Å²) in [5.41, 5.74) is 1.19. The molecule has 1 amide bonds. The summed E-state index contributed by atoms with van der Waals surface area (Å²) in [5, 5.41) is 0. The van der Waals surface area contributed by atoms with Crippen molar-refractivity contribution in [3.05, 3.63) is 29.8 Å². The molecule has 1 aliphatic rings. The maximum atomic E-state index is 12.4. The Balaban J connectivity index is 1.83. The third-order valence-corrected chi connectivity index (χ3v) is 4.33. The lowest BCUT2D eigenvalue weighted by Crippen LogP contribution is -2.42. The Kier molecular flexibility index (Phi) is 5.83. The molecule has 1 saturated carbocycles. The number of ether oxygens (including phenoxy) is 2. The SMILES string of the molecule is COc1ccc(C[C@H](C)N(C)C(=O)[C@@H](C)OCC2CC2)cc1. The summed E-state index contributed by atoms with van der Waals surface area (Å²) in [6.07, 6.45) is 2.94. The van der Waals surface area contributed by atoms with E-state index < -0.39 is 0 Å². The maximum Gasteiger partial charge on any atom is 0.251 e. The number of benzene rings is 1. The molecule has 1 fully saturated rings. The number of nitrogens with zero attached hydrogens (tertiary/aromatic N) is 1. The highest BCUT2D eigenvalue weighted by Crippen LogP contribution is 2.29. The van der Waals surface area contributed by atoms with Crippen LogP contribution in [-0.2, 0) is 16.0 Å². The number of carbonyl (C=O) groups excluding carboxylic acids is 1. The van der Waals surface area contributed by atoms with Crippen LogP contribution in [0.1, 0.15) is 32.3 Å². The number of carbonyl (C=O) groups is 1. The van der Waals surface area contributed by atoms with Crippen LogP contribution in [0, 0.1) is 5.92 Å². The van der Waals surface area contributed by atoms with Gasteiger partial charge in [-0.1, -0.05) is 12.1 Å². The van der Waals surface area contributed by atoms with Gasteiger partial charge in [-0.25, -0.2) is 0 Å². The molecule has 1 aromatic carbocycles. The molecule has 0 saturated heterocycles. The fraction of sp³-hybridized carbons (Fsp3) is 0.611. The molecule has 22 heavy (non-hydrogen) atoms. The van der Waals surface area contributed by atoms with Gasteiger partial charge in [0, 0.05) is 13.1 Å². The highest BCUT2D eigenvalue weighted by Gasteiger charge is 2.26. The van der Waals surface area contributed by atoms with Crippen LogP contribution in [-0.4, -0.2) is 43.7 Å². The van der Waals surface area contributed by atoms with E-state index >= 15 is 0 Å². The van der Waals surface area contributed by atoms with Crippen LogP contribution in [0.5, 0.6) is 5.75 Å². The van der Waals surface area contributed by atoms with Crippen molar-refractivity contribution in [3.63, 3.8) is 0 Å². The molecule has 1 aromatic rings. The van der Waals surface area contributed by atoms with E-state index in [1.807, 2.05) is 38.2 Å². The predicted octanol–water partition coefficient (Wildman–Crippen LogP) is 2.90. The number of rotatable bonds is 8. The minimum Gasteiger partial charge on any atom is -0.497 e. The third kappa shape index (κ3) is 4.73. The van der Waals surface area contributed by atoms with Crippen LogP contribution in [0.3, 0.4) is 0 Å². The molecule has 0 radical (unpaired) electrons. The largest absolute Gasteiger partial charge is 0.497 e. The first-order valence-corrected chi connectivity index (χ1v) is 8.02. The van der Waals surface area contributed by atoms with E-state index in [0.717, 1.165) is 12.2 Å². The van der Waals surface area contributed by atoms with E-state index in [0.29, 0.717) is 12.5 Å². The van der Waals surface area contributed by atoms with Crippen molar-refractivity contribution in [3.8, 4) is 5.75 Å². The second-order valence-electron chi connectivity index (χ2n) is 6.27. The van der Waals surface area contributed by atoms with Gasteiger partial charge in [-0.3, -0.25) is 4.79 Å². The fourth-order valence-corrected chi connectivity index (χ4v) is 2.38. The molecule has 2 atom stereocenters. The minimum atomic E-state index is -0.357. The average molecular weight is 305 g/mol. The Bertz CT molecular complexity index is 482. The molecule has 0 aromatic heterocycles. The van der Waals surface area contributed by atoms with Crippen LogP contribution in [0.2, 0.25) is 0 Å². The predicted molar refractivity (Wildman–Crippen MR) is 87.1 cm³/mol. The zero-order valence-electron chi connectivity index (χ0n) is 14.0. The quantitative estimate of drug-likeness (QED) is 0.741. The monoisotopic (exact) mass is 305 g/mol. The Morgan fingerprint density at radius 3 is 2.45 bits per heavy atom. The second kappa shape index (κ2) is 7.63. The molecule has 122 valence electrons. The van der Waals surface area contributed by atoms with E-state index in [2.05, 4.69) is 6.92 Å². The number of methoxy groups -OCH3 is 1. The van der Waals surface area contributed by atoms with Gasteiger partial charge in [0.15, 0.2) is 0 Å². The molecule has 4 nitrogen and oxygen atoms in total. The molecule has 0 N–H and O–H groups in total. The summed E-state index contributed by atoms with van der Waals surface area (Å²) < 4.78 is 10.8. The minimum absolute atomic E-state index is 0.0571. The van der Waals surface area contributed by atoms with E-state index in [-0.39, 0.29) is 18.1 Å². The van der Waals surface area contributed by atoms with Gasteiger partial charge in [-0.05, 0) is 56.7 Å². The number of likely N-dealkylation sites (N-methyl/N-ethyl adjacent to an activating group) is 1.